The quantitative estimate of drug-likeness (QED) is 0.599. The van der Waals surface area contributed by atoms with Gasteiger partial charge in [0.2, 0.25) is 0 Å². The van der Waals surface area contributed by atoms with Crippen LogP contribution in [0.5, 0.6) is 5.75 Å². The monoisotopic (exact) mass is 429 g/mol. The van der Waals surface area contributed by atoms with Crippen molar-refractivity contribution in [3.63, 3.8) is 0 Å². The summed E-state index contributed by atoms with van der Waals surface area (Å²) in [4.78, 5) is 14.5. The van der Waals surface area contributed by atoms with Crippen molar-refractivity contribution < 1.29 is 19.0 Å². The van der Waals surface area contributed by atoms with Crippen LogP contribution in [-0.2, 0) is 6.42 Å². The lowest BCUT2D eigenvalue weighted by atomic mass is 9.90. The van der Waals surface area contributed by atoms with Crippen molar-refractivity contribution in [1.29, 1.82) is 0 Å². The van der Waals surface area contributed by atoms with Gasteiger partial charge in [0, 0.05) is 18.3 Å². The Hall–Kier alpha value is -2.64. The maximum atomic E-state index is 13.1. The van der Waals surface area contributed by atoms with Crippen LogP contribution in [0.25, 0.3) is 0 Å². The number of amides is 2. The van der Waals surface area contributed by atoms with E-state index in [0.717, 1.165) is 32.4 Å². The highest BCUT2D eigenvalue weighted by Gasteiger charge is 2.24. The van der Waals surface area contributed by atoms with E-state index in [0.29, 0.717) is 23.9 Å². The van der Waals surface area contributed by atoms with E-state index < -0.39 is 6.10 Å². The van der Waals surface area contributed by atoms with Crippen LogP contribution in [0.2, 0.25) is 0 Å². The van der Waals surface area contributed by atoms with Gasteiger partial charge in [0.05, 0.1) is 19.3 Å². The Labute approximate surface area is 183 Å². The molecule has 0 aromatic heterocycles. The first-order valence-electron chi connectivity index (χ1n) is 10.8. The Morgan fingerprint density at radius 1 is 1.23 bits per heavy atom. The van der Waals surface area contributed by atoms with Gasteiger partial charge in [-0.1, -0.05) is 18.2 Å². The summed E-state index contributed by atoms with van der Waals surface area (Å²) in [6.45, 7) is 4.14. The van der Waals surface area contributed by atoms with Gasteiger partial charge in [0.15, 0.2) is 0 Å². The molecule has 2 aromatic carbocycles. The fraction of sp³-hybridized carbons (Fsp3) is 0.458. The van der Waals surface area contributed by atoms with E-state index >= 15 is 0 Å². The van der Waals surface area contributed by atoms with Crippen LogP contribution in [-0.4, -0.2) is 54.9 Å². The number of hydrogen-bond donors (Lipinski definition) is 3. The predicted molar refractivity (Wildman–Crippen MR) is 120 cm³/mol. The summed E-state index contributed by atoms with van der Waals surface area (Å²) >= 11 is 0. The summed E-state index contributed by atoms with van der Waals surface area (Å²) in [6, 6.07) is 13.1. The summed E-state index contributed by atoms with van der Waals surface area (Å²) in [5.41, 5.74) is 1.79. The molecule has 0 spiro atoms. The molecule has 6 nitrogen and oxygen atoms in total. The smallest absolute Gasteiger partial charge is 0.319 e. The van der Waals surface area contributed by atoms with Crippen LogP contribution in [0.3, 0.4) is 0 Å². The van der Waals surface area contributed by atoms with E-state index in [9.17, 15) is 14.3 Å². The second-order valence-corrected chi connectivity index (χ2v) is 8.26. The van der Waals surface area contributed by atoms with Gasteiger partial charge < -0.3 is 25.4 Å². The molecule has 2 amide bonds. The van der Waals surface area contributed by atoms with E-state index in [1.54, 1.807) is 38.3 Å². The number of hydrogen-bond acceptors (Lipinski definition) is 4. The van der Waals surface area contributed by atoms with Crippen molar-refractivity contribution in [1.82, 2.24) is 10.2 Å². The Morgan fingerprint density at radius 3 is 2.61 bits per heavy atom. The molecule has 0 aliphatic carbocycles. The molecule has 3 rings (SSSR count). The fourth-order valence-corrected chi connectivity index (χ4v) is 3.92. The first kappa shape index (κ1) is 23.0. The predicted octanol–water partition coefficient (Wildman–Crippen LogP) is 3.66. The molecule has 0 saturated carbocycles. The number of nitrogens with zero attached hydrogens (tertiary/aromatic N) is 1. The molecular formula is C24H32FN3O3. The highest BCUT2D eigenvalue weighted by atomic mass is 19.1. The summed E-state index contributed by atoms with van der Waals surface area (Å²) in [5, 5.41) is 16.1. The average Bonchev–Trinajstić information content (AvgIpc) is 2.76. The molecular weight excluding hydrogens is 397 g/mol. The highest BCUT2D eigenvalue weighted by Crippen LogP contribution is 2.22. The van der Waals surface area contributed by atoms with E-state index in [1.165, 1.54) is 17.7 Å². The van der Waals surface area contributed by atoms with Gasteiger partial charge in [-0.05, 0) is 75.0 Å². The van der Waals surface area contributed by atoms with E-state index in [4.69, 9.17) is 4.74 Å². The van der Waals surface area contributed by atoms with E-state index in [-0.39, 0.29) is 17.9 Å². The number of anilines is 1. The third-order valence-corrected chi connectivity index (χ3v) is 5.85. The number of aliphatic hydroxyl groups excluding tert-OH is 1. The maximum Gasteiger partial charge on any atom is 0.319 e. The number of carbonyl (C=O) groups excluding carboxylic acids is 1. The van der Waals surface area contributed by atoms with Crippen LogP contribution in [0.1, 0.15) is 25.3 Å². The Bertz CT molecular complexity index is 838. The van der Waals surface area contributed by atoms with Crippen molar-refractivity contribution in [2.45, 2.75) is 38.3 Å². The number of β-amino-alcohol motifs (C(OH)–C–C–N with tert-alkyl or cyclic N) is 1. The molecule has 2 aromatic rings. The van der Waals surface area contributed by atoms with Gasteiger partial charge in [0.1, 0.15) is 11.6 Å². The van der Waals surface area contributed by atoms with Gasteiger partial charge in [-0.2, -0.15) is 0 Å². The largest absolute Gasteiger partial charge is 0.497 e. The summed E-state index contributed by atoms with van der Waals surface area (Å²) < 4.78 is 18.2. The van der Waals surface area contributed by atoms with Crippen LogP contribution in [0.4, 0.5) is 14.9 Å². The van der Waals surface area contributed by atoms with Gasteiger partial charge in [0.25, 0.3) is 0 Å². The zero-order chi connectivity index (χ0) is 22.2. The third-order valence-electron chi connectivity index (χ3n) is 5.85. The van der Waals surface area contributed by atoms with Gasteiger partial charge in [-0.25, -0.2) is 9.18 Å². The van der Waals surface area contributed by atoms with Crippen LogP contribution in [0, 0.1) is 11.7 Å². The topological polar surface area (TPSA) is 73.8 Å². The first-order chi connectivity index (χ1) is 14.9. The lowest BCUT2D eigenvalue weighted by molar-refractivity contribution is 0.0701. The van der Waals surface area contributed by atoms with Crippen LogP contribution < -0.4 is 15.4 Å². The fourth-order valence-electron chi connectivity index (χ4n) is 3.92. The molecule has 168 valence electrons. The van der Waals surface area contributed by atoms with Gasteiger partial charge in [-0.15, -0.1) is 0 Å². The second-order valence-electron chi connectivity index (χ2n) is 8.26. The van der Waals surface area contributed by atoms with Gasteiger partial charge in [-0.3, -0.25) is 0 Å². The molecule has 1 heterocycles. The molecule has 1 fully saturated rings. The molecule has 2 atom stereocenters. The van der Waals surface area contributed by atoms with Crippen molar-refractivity contribution in [3.05, 3.63) is 59.9 Å². The van der Waals surface area contributed by atoms with Crippen molar-refractivity contribution in [2.75, 3.05) is 32.1 Å². The minimum Gasteiger partial charge on any atom is -0.497 e. The Balaban J connectivity index is 1.39. The van der Waals surface area contributed by atoms with Crippen LogP contribution >= 0.6 is 0 Å². The number of aliphatic hydroxyl groups is 1. The van der Waals surface area contributed by atoms with Crippen molar-refractivity contribution in [3.8, 4) is 5.75 Å². The number of benzene rings is 2. The standard InChI is InChI=1S/C24H32FN3O3/c1-17(26-24(30)27-21-4-3-5-22(15-21)31-2)23(29)16-28-12-10-19(11-13-28)14-18-6-8-20(25)9-7-18/h3-9,15,17,19,23,29H,10-14,16H2,1-2H3,(H2,26,27,30). The molecule has 3 N–H and O–H groups in total. The third kappa shape index (κ3) is 7.22. The Kier molecular flexibility index (Phi) is 8.26. The second kappa shape index (κ2) is 11.1. The molecule has 1 aliphatic heterocycles. The minimum absolute atomic E-state index is 0.201. The number of urea groups is 1. The average molecular weight is 430 g/mol. The molecule has 2 unspecified atom stereocenters. The number of methoxy groups -OCH3 is 1. The highest BCUT2D eigenvalue weighted by molar-refractivity contribution is 5.89. The summed E-state index contributed by atoms with van der Waals surface area (Å²) in [7, 11) is 1.57. The molecule has 7 heteroatoms. The zero-order valence-corrected chi connectivity index (χ0v) is 18.2. The zero-order valence-electron chi connectivity index (χ0n) is 18.2. The molecule has 1 saturated heterocycles. The molecule has 1 aliphatic rings. The Morgan fingerprint density at radius 2 is 1.94 bits per heavy atom. The minimum atomic E-state index is -0.662. The first-order valence-corrected chi connectivity index (χ1v) is 10.8. The lowest BCUT2D eigenvalue weighted by Crippen LogP contribution is -2.49. The summed E-state index contributed by atoms with van der Waals surface area (Å²) in [5.74, 6) is 1.03. The van der Waals surface area contributed by atoms with Gasteiger partial charge >= 0.3 is 6.03 Å². The SMILES string of the molecule is COc1cccc(NC(=O)NC(C)C(O)CN2CCC(Cc3ccc(F)cc3)CC2)c1. The summed E-state index contributed by atoms with van der Waals surface area (Å²) in [6.07, 6.45) is 2.38. The molecule has 0 radical (unpaired) electrons. The van der Waals surface area contributed by atoms with Crippen LogP contribution in [0.15, 0.2) is 48.5 Å². The van der Waals surface area contributed by atoms with E-state index in [2.05, 4.69) is 15.5 Å². The number of piperidine rings is 1. The number of nitrogens with one attached hydrogen (secondary N) is 2. The number of likely N-dealkylation sites (tertiary alicyclic amines) is 1. The normalized spacial score (nSPS) is 17.0. The number of carbonyl (C=O) groups is 1. The molecule has 31 heavy (non-hydrogen) atoms. The van der Waals surface area contributed by atoms with Crippen molar-refractivity contribution >= 4 is 11.7 Å². The molecule has 0 bridgehead atoms. The number of ether oxygens (including phenoxy) is 1. The maximum absolute atomic E-state index is 13.1. The van der Waals surface area contributed by atoms with Crippen molar-refractivity contribution in [2.24, 2.45) is 5.92 Å². The lowest BCUT2D eigenvalue weighted by Gasteiger charge is -2.34. The number of rotatable bonds is 8. The van der Waals surface area contributed by atoms with E-state index in [1.807, 2.05) is 12.1 Å². The number of halogens is 1.